The van der Waals surface area contributed by atoms with Crippen molar-refractivity contribution in [1.82, 2.24) is 0 Å². The lowest BCUT2D eigenvalue weighted by Crippen LogP contribution is -2.02. The van der Waals surface area contributed by atoms with Gasteiger partial charge in [-0.3, -0.25) is 4.21 Å². The Morgan fingerprint density at radius 2 is 2.00 bits per heavy atom. The Labute approximate surface area is 102 Å². The van der Waals surface area contributed by atoms with Crippen LogP contribution in [-0.4, -0.2) is 21.0 Å². The van der Waals surface area contributed by atoms with Gasteiger partial charge in [-0.2, -0.15) is 5.26 Å². The molecule has 90 valence electrons. The maximum absolute atomic E-state index is 11.6. The summed E-state index contributed by atoms with van der Waals surface area (Å²) in [4.78, 5) is 10.6. The number of benzene rings is 1. The topological polar surface area (TPSA) is 78.2 Å². The molecule has 0 amide bonds. The van der Waals surface area contributed by atoms with E-state index in [2.05, 4.69) is 0 Å². The molecule has 4 nitrogen and oxygen atoms in total. The lowest BCUT2D eigenvalue weighted by Gasteiger charge is -2.02. The fourth-order valence-corrected chi connectivity index (χ4v) is 2.49. The van der Waals surface area contributed by atoms with Crippen molar-refractivity contribution in [1.29, 1.82) is 5.26 Å². The molecule has 0 aliphatic carbocycles. The Morgan fingerprint density at radius 3 is 2.53 bits per heavy atom. The minimum absolute atomic E-state index is 0.226. The van der Waals surface area contributed by atoms with Gasteiger partial charge in [0.2, 0.25) is 0 Å². The van der Waals surface area contributed by atoms with Crippen molar-refractivity contribution in [3.63, 3.8) is 0 Å². The highest BCUT2D eigenvalue weighted by Crippen LogP contribution is 2.08. The van der Waals surface area contributed by atoms with Crippen LogP contribution in [-0.2, 0) is 16.6 Å². The van der Waals surface area contributed by atoms with E-state index in [-0.39, 0.29) is 5.56 Å². The number of carboxylic acid groups (broad SMARTS) is 1. The maximum atomic E-state index is 11.6. The number of aromatic carboxylic acids is 1. The Bertz CT molecular complexity index is 448. The van der Waals surface area contributed by atoms with E-state index >= 15 is 0 Å². The Balaban J connectivity index is 2.49. The highest BCUT2D eigenvalue weighted by atomic mass is 32.2. The zero-order valence-corrected chi connectivity index (χ0v) is 10.1. The van der Waals surface area contributed by atoms with Crippen LogP contribution in [0.2, 0.25) is 0 Å². The van der Waals surface area contributed by atoms with Crippen LogP contribution in [0, 0.1) is 11.3 Å². The summed E-state index contributed by atoms with van der Waals surface area (Å²) in [5.41, 5.74) is 1.08. The Kier molecular flexibility index (Phi) is 5.37. The number of carbonyl (C=O) groups is 1. The Morgan fingerprint density at radius 1 is 1.35 bits per heavy atom. The molecule has 0 heterocycles. The molecule has 0 saturated carbocycles. The van der Waals surface area contributed by atoms with Gasteiger partial charge in [0.1, 0.15) is 0 Å². The highest BCUT2D eigenvalue weighted by molar-refractivity contribution is 7.84. The van der Waals surface area contributed by atoms with Crippen LogP contribution in [0.25, 0.3) is 0 Å². The molecule has 5 heteroatoms. The van der Waals surface area contributed by atoms with Crippen LogP contribution in [0.5, 0.6) is 0 Å². The van der Waals surface area contributed by atoms with E-state index < -0.39 is 16.8 Å². The van der Waals surface area contributed by atoms with Crippen molar-refractivity contribution in [2.75, 3.05) is 5.75 Å². The summed E-state index contributed by atoms with van der Waals surface area (Å²) in [5.74, 6) is -0.0498. The predicted molar refractivity (Wildman–Crippen MR) is 65.0 cm³/mol. The molecule has 1 N–H and O–H groups in total. The molecule has 1 aromatic rings. The van der Waals surface area contributed by atoms with Crippen molar-refractivity contribution in [3.05, 3.63) is 35.4 Å². The van der Waals surface area contributed by atoms with Crippen LogP contribution >= 0.6 is 0 Å². The number of nitriles is 1. The zero-order chi connectivity index (χ0) is 12.7. The third-order valence-electron chi connectivity index (χ3n) is 2.19. The third kappa shape index (κ3) is 4.79. The van der Waals surface area contributed by atoms with Crippen molar-refractivity contribution in [2.24, 2.45) is 0 Å². The molecule has 0 aliphatic rings. The van der Waals surface area contributed by atoms with Crippen molar-refractivity contribution >= 4 is 16.8 Å². The molecule has 0 spiro atoms. The summed E-state index contributed by atoms with van der Waals surface area (Å²) in [6, 6.07) is 8.36. The van der Waals surface area contributed by atoms with Crippen LogP contribution in [0.4, 0.5) is 0 Å². The number of carboxylic acids is 1. The molecule has 0 aliphatic heterocycles. The first kappa shape index (κ1) is 13.4. The van der Waals surface area contributed by atoms with E-state index in [9.17, 15) is 9.00 Å². The summed E-state index contributed by atoms with van der Waals surface area (Å²) < 4.78 is 11.6. The first-order valence-electron chi connectivity index (χ1n) is 5.17. The predicted octanol–water partition coefficient (Wildman–Crippen LogP) is 1.94. The molecule has 17 heavy (non-hydrogen) atoms. The van der Waals surface area contributed by atoms with E-state index in [1.165, 1.54) is 12.1 Å². The average Bonchev–Trinajstić information content (AvgIpc) is 2.30. The molecule has 1 atom stereocenters. The summed E-state index contributed by atoms with van der Waals surface area (Å²) in [7, 11) is -0.988. The van der Waals surface area contributed by atoms with Gasteiger partial charge in [-0.25, -0.2) is 4.79 Å². The van der Waals surface area contributed by atoms with Gasteiger partial charge in [-0.1, -0.05) is 12.1 Å². The Hall–Kier alpha value is -1.67. The molecular weight excluding hydrogens is 238 g/mol. The van der Waals surface area contributed by atoms with E-state index in [0.717, 1.165) is 5.56 Å². The van der Waals surface area contributed by atoms with E-state index in [4.69, 9.17) is 10.4 Å². The molecule has 1 aromatic carbocycles. The van der Waals surface area contributed by atoms with Gasteiger partial charge in [0, 0.05) is 28.7 Å². The fourth-order valence-electron chi connectivity index (χ4n) is 1.31. The second-order valence-electron chi connectivity index (χ2n) is 3.55. The van der Waals surface area contributed by atoms with E-state index in [0.29, 0.717) is 24.3 Å². The standard InChI is InChI=1S/C12H13NO3S/c13-7-1-2-8-17(16)9-10-3-5-11(6-4-10)12(14)15/h3-6H,1-2,8-9H2,(H,14,15). The van der Waals surface area contributed by atoms with Crippen LogP contribution < -0.4 is 0 Å². The summed E-state index contributed by atoms with van der Waals surface area (Å²) in [6.45, 7) is 0. The zero-order valence-electron chi connectivity index (χ0n) is 9.26. The fraction of sp³-hybridized carbons (Fsp3) is 0.333. The molecule has 1 unspecified atom stereocenters. The highest BCUT2D eigenvalue weighted by Gasteiger charge is 2.04. The first-order valence-corrected chi connectivity index (χ1v) is 6.66. The number of rotatable bonds is 6. The number of hydrogen-bond acceptors (Lipinski definition) is 3. The summed E-state index contributed by atoms with van der Waals surface area (Å²) in [5, 5.41) is 17.1. The molecule has 0 aromatic heterocycles. The van der Waals surface area contributed by atoms with Crippen molar-refractivity contribution < 1.29 is 14.1 Å². The largest absolute Gasteiger partial charge is 0.478 e. The van der Waals surface area contributed by atoms with Gasteiger partial charge in [0.05, 0.1) is 11.6 Å². The summed E-state index contributed by atoms with van der Waals surface area (Å²) >= 11 is 0. The first-order chi connectivity index (χ1) is 8.13. The SMILES string of the molecule is N#CCCCS(=O)Cc1ccc(C(=O)O)cc1. The minimum Gasteiger partial charge on any atom is -0.478 e. The molecule has 1 rings (SSSR count). The second kappa shape index (κ2) is 6.81. The average molecular weight is 251 g/mol. The number of nitrogens with zero attached hydrogens (tertiary/aromatic N) is 1. The molecule has 0 fully saturated rings. The molecular formula is C12H13NO3S. The lowest BCUT2D eigenvalue weighted by molar-refractivity contribution is 0.0697. The van der Waals surface area contributed by atoms with Gasteiger partial charge in [-0.15, -0.1) is 0 Å². The molecule has 0 saturated heterocycles. The third-order valence-corrected chi connectivity index (χ3v) is 3.59. The van der Waals surface area contributed by atoms with Crippen molar-refractivity contribution in [2.45, 2.75) is 18.6 Å². The number of hydrogen-bond donors (Lipinski definition) is 1. The maximum Gasteiger partial charge on any atom is 0.335 e. The summed E-state index contributed by atoms with van der Waals surface area (Å²) in [6.07, 6.45) is 1.06. The van der Waals surface area contributed by atoms with Gasteiger partial charge in [-0.05, 0) is 24.1 Å². The van der Waals surface area contributed by atoms with E-state index in [1.54, 1.807) is 12.1 Å². The van der Waals surface area contributed by atoms with Gasteiger partial charge < -0.3 is 5.11 Å². The normalized spacial score (nSPS) is 11.7. The van der Waals surface area contributed by atoms with Gasteiger partial charge >= 0.3 is 5.97 Å². The van der Waals surface area contributed by atoms with Crippen LogP contribution in [0.3, 0.4) is 0 Å². The molecule has 0 bridgehead atoms. The smallest absolute Gasteiger partial charge is 0.335 e. The lowest BCUT2D eigenvalue weighted by atomic mass is 10.1. The van der Waals surface area contributed by atoms with Crippen LogP contribution in [0.15, 0.2) is 24.3 Å². The second-order valence-corrected chi connectivity index (χ2v) is 5.13. The van der Waals surface area contributed by atoms with E-state index in [1.807, 2.05) is 6.07 Å². The van der Waals surface area contributed by atoms with Gasteiger partial charge in [0.25, 0.3) is 0 Å². The minimum atomic E-state index is -0.988. The van der Waals surface area contributed by atoms with Gasteiger partial charge in [0.15, 0.2) is 0 Å². The van der Waals surface area contributed by atoms with Crippen molar-refractivity contribution in [3.8, 4) is 6.07 Å². The van der Waals surface area contributed by atoms with Crippen LogP contribution in [0.1, 0.15) is 28.8 Å². The quantitative estimate of drug-likeness (QED) is 0.784. The molecule has 0 radical (unpaired) electrons. The monoisotopic (exact) mass is 251 g/mol. The number of unbranched alkanes of at least 4 members (excludes halogenated alkanes) is 1.